The van der Waals surface area contributed by atoms with Gasteiger partial charge in [-0.1, -0.05) is 32.1 Å². The van der Waals surface area contributed by atoms with E-state index in [1.165, 1.54) is 12.2 Å². The Labute approximate surface area is 150 Å². The minimum absolute atomic E-state index is 0.130. The van der Waals surface area contributed by atoms with Crippen LogP contribution in [-0.4, -0.2) is 16.2 Å². The van der Waals surface area contributed by atoms with E-state index in [0.717, 1.165) is 24.0 Å². The summed E-state index contributed by atoms with van der Waals surface area (Å²) < 4.78 is 0. The van der Waals surface area contributed by atoms with Crippen LogP contribution in [0.5, 0.6) is 0 Å². The van der Waals surface area contributed by atoms with Crippen molar-refractivity contribution in [2.45, 2.75) is 40.0 Å². The molecule has 0 aliphatic rings. The van der Waals surface area contributed by atoms with Gasteiger partial charge in [-0.3, -0.25) is 0 Å². The smallest absolute Gasteiger partial charge is 0.339 e. The van der Waals surface area contributed by atoms with Crippen LogP contribution in [0.1, 0.15) is 43.9 Å². The van der Waals surface area contributed by atoms with Crippen molar-refractivity contribution in [2.24, 2.45) is 5.92 Å². The molecule has 0 atom stereocenters. The molecule has 1 aromatic rings. The predicted octanol–water partition coefficient (Wildman–Crippen LogP) is 4.41. The quantitative estimate of drug-likeness (QED) is 0.334. The maximum atomic E-state index is 11.1. The molecule has 0 radical (unpaired) electrons. The van der Waals surface area contributed by atoms with E-state index in [1.54, 1.807) is 13.0 Å². The summed E-state index contributed by atoms with van der Waals surface area (Å²) >= 11 is 0. The second-order valence-corrected chi connectivity index (χ2v) is 5.84. The van der Waals surface area contributed by atoms with Crippen molar-refractivity contribution < 1.29 is 15.0 Å². The number of allylic oxidation sites excluding steroid dienone is 2. The molecule has 1 aromatic carbocycles. The number of nitriles is 1. The number of carboxylic acid groups (broad SMARTS) is 1. The van der Waals surface area contributed by atoms with Crippen LogP contribution in [-0.2, 0) is 17.6 Å². The molecule has 0 saturated heterocycles. The molecular weight excluding hydrogens is 314 g/mol. The average Bonchev–Trinajstić information content (AvgIpc) is 2.61. The topological polar surface area (TPSA) is 81.3 Å². The second kappa shape index (κ2) is 11.5. The van der Waals surface area contributed by atoms with E-state index in [9.17, 15) is 15.2 Å². The highest BCUT2D eigenvalue weighted by Crippen LogP contribution is 2.17. The summed E-state index contributed by atoms with van der Waals surface area (Å²) in [6.45, 7) is 5.86. The van der Waals surface area contributed by atoms with Crippen LogP contribution in [0, 0.1) is 30.1 Å². The van der Waals surface area contributed by atoms with Gasteiger partial charge in [0.25, 0.3) is 0 Å². The lowest BCUT2D eigenvalue weighted by Gasteiger charge is -2.08. The summed E-state index contributed by atoms with van der Waals surface area (Å²) in [6, 6.07) is 7.83. The number of aliphatic hydroxyl groups is 1. The lowest BCUT2D eigenvalue weighted by atomic mass is 9.96. The highest BCUT2D eigenvalue weighted by atomic mass is 16.4. The van der Waals surface area contributed by atoms with Crippen LogP contribution < -0.4 is 0 Å². The number of nitrogens with zero attached hydrogens (tertiary/aromatic N) is 1. The molecule has 4 heteroatoms. The van der Waals surface area contributed by atoms with Crippen LogP contribution in [0.3, 0.4) is 0 Å². The van der Waals surface area contributed by atoms with Gasteiger partial charge in [0, 0.05) is 0 Å². The van der Waals surface area contributed by atoms with Crippen molar-refractivity contribution >= 4 is 5.97 Å². The fourth-order valence-corrected chi connectivity index (χ4v) is 2.19. The summed E-state index contributed by atoms with van der Waals surface area (Å²) in [4.78, 5) is 11.1. The third-order valence-corrected chi connectivity index (χ3v) is 3.61. The SMILES string of the molecule is C#C.C/C=C(O)\C(=C/Cc1ccc(CCC(C)C)c(C#N)c1)C(=O)O. The summed E-state index contributed by atoms with van der Waals surface area (Å²) in [5, 5.41) is 28.0. The number of terminal acetylenes is 1. The Morgan fingerprint density at radius 3 is 2.44 bits per heavy atom. The van der Waals surface area contributed by atoms with E-state index in [1.807, 2.05) is 12.1 Å². The van der Waals surface area contributed by atoms with Gasteiger partial charge in [0.2, 0.25) is 0 Å². The maximum absolute atomic E-state index is 11.1. The zero-order valence-corrected chi connectivity index (χ0v) is 15.0. The van der Waals surface area contributed by atoms with Gasteiger partial charge >= 0.3 is 5.97 Å². The first-order valence-electron chi connectivity index (χ1n) is 8.03. The predicted molar refractivity (Wildman–Crippen MR) is 100 cm³/mol. The molecule has 1 rings (SSSR count). The van der Waals surface area contributed by atoms with E-state index < -0.39 is 5.97 Å². The van der Waals surface area contributed by atoms with Crippen LogP contribution in [0.25, 0.3) is 0 Å². The fourth-order valence-electron chi connectivity index (χ4n) is 2.19. The van der Waals surface area contributed by atoms with E-state index in [2.05, 4.69) is 32.8 Å². The summed E-state index contributed by atoms with van der Waals surface area (Å²) in [6.07, 6.45) is 13.0. The van der Waals surface area contributed by atoms with Gasteiger partial charge in [-0.2, -0.15) is 5.26 Å². The molecule has 2 N–H and O–H groups in total. The van der Waals surface area contributed by atoms with Crippen molar-refractivity contribution in [2.75, 3.05) is 0 Å². The van der Waals surface area contributed by atoms with Crippen molar-refractivity contribution in [3.63, 3.8) is 0 Å². The van der Waals surface area contributed by atoms with E-state index >= 15 is 0 Å². The van der Waals surface area contributed by atoms with E-state index in [4.69, 9.17) is 5.11 Å². The molecule has 0 saturated carbocycles. The first-order chi connectivity index (χ1) is 11.9. The molecule has 0 spiro atoms. The number of benzene rings is 1. The van der Waals surface area contributed by atoms with E-state index in [0.29, 0.717) is 17.9 Å². The molecule has 0 fully saturated rings. The van der Waals surface area contributed by atoms with Crippen LogP contribution >= 0.6 is 0 Å². The van der Waals surface area contributed by atoms with E-state index in [-0.39, 0.29) is 11.3 Å². The number of aryl methyl sites for hydroxylation is 1. The largest absolute Gasteiger partial charge is 0.507 e. The fraction of sp³-hybridized carbons (Fsp3) is 0.333. The van der Waals surface area contributed by atoms with Gasteiger partial charge in [-0.15, -0.1) is 12.8 Å². The van der Waals surface area contributed by atoms with Crippen LogP contribution in [0.4, 0.5) is 0 Å². The lowest BCUT2D eigenvalue weighted by molar-refractivity contribution is -0.132. The van der Waals surface area contributed by atoms with Crippen molar-refractivity contribution in [1.29, 1.82) is 5.26 Å². The number of aliphatic carboxylic acids is 1. The van der Waals surface area contributed by atoms with Gasteiger partial charge in [-0.25, -0.2) is 4.79 Å². The van der Waals surface area contributed by atoms with Crippen LogP contribution in [0.2, 0.25) is 0 Å². The van der Waals surface area contributed by atoms with Crippen molar-refractivity contribution in [3.05, 3.63) is 58.4 Å². The molecule has 25 heavy (non-hydrogen) atoms. The molecule has 0 amide bonds. The molecule has 4 nitrogen and oxygen atoms in total. The molecule has 0 aliphatic carbocycles. The molecule has 0 unspecified atom stereocenters. The first kappa shape index (κ1) is 22.0. The number of aliphatic hydroxyl groups excluding tert-OH is 1. The third kappa shape index (κ3) is 7.42. The average molecular weight is 339 g/mol. The normalized spacial score (nSPS) is 11.4. The molecule has 0 heterocycles. The van der Waals surface area contributed by atoms with Gasteiger partial charge in [0.15, 0.2) is 0 Å². The molecule has 0 aliphatic heterocycles. The maximum Gasteiger partial charge on any atom is 0.339 e. The summed E-state index contributed by atoms with van der Waals surface area (Å²) in [7, 11) is 0. The Kier molecular flexibility index (Phi) is 10.2. The van der Waals surface area contributed by atoms with Crippen LogP contribution in [0.15, 0.2) is 41.7 Å². The number of carbonyl (C=O) groups is 1. The zero-order chi connectivity index (χ0) is 19.4. The molecule has 0 aromatic heterocycles. The van der Waals surface area contributed by atoms with Gasteiger partial charge in [0.05, 0.1) is 17.2 Å². The van der Waals surface area contributed by atoms with Gasteiger partial charge < -0.3 is 10.2 Å². The Hall–Kier alpha value is -2.98. The summed E-state index contributed by atoms with van der Waals surface area (Å²) in [5.41, 5.74) is 2.36. The highest BCUT2D eigenvalue weighted by molar-refractivity contribution is 5.90. The lowest BCUT2D eigenvalue weighted by Crippen LogP contribution is -2.04. The standard InChI is InChI=1S/C19H23NO3.C2H2/c1-4-18(21)17(19(22)23)10-7-14-6-9-15(8-5-13(2)3)16(11-14)12-20;1-2/h4,6,9-11,13,21H,5,7-8H2,1-3H3,(H,22,23);1-2H/b17-10+,18-4+;. The molecule has 132 valence electrons. The molecular formula is C21H25NO3. The Balaban J connectivity index is 0.00000277. The number of hydrogen-bond donors (Lipinski definition) is 2. The highest BCUT2D eigenvalue weighted by Gasteiger charge is 2.11. The Morgan fingerprint density at radius 2 is 1.96 bits per heavy atom. The third-order valence-electron chi connectivity index (χ3n) is 3.61. The first-order valence-corrected chi connectivity index (χ1v) is 8.03. The monoisotopic (exact) mass is 339 g/mol. The number of hydrogen-bond acceptors (Lipinski definition) is 3. The van der Waals surface area contributed by atoms with Gasteiger partial charge in [0.1, 0.15) is 5.76 Å². The van der Waals surface area contributed by atoms with Crippen molar-refractivity contribution in [3.8, 4) is 18.9 Å². The zero-order valence-electron chi connectivity index (χ0n) is 15.0. The Morgan fingerprint density at radius 1 is 1.32 bits per heavy atom. The Bertz CT molecular complexity index is 704. The minimum Gasteiger partial charge on any atom is -0.507 e. The van der Waals surface area contributed by atoms with Crippen molar-refractivity contribution in [1.82, 2.24) is 0 Å². The number of rotatable bonds is 7. The second-order valence-electron chi connectivity index (χ2n) is 5.84. The van der Waals surface area contributed by atoms with Gasteiger partial charge in [-0.05, 0) is 55.4 Å². The summed E-state index contributed by atoms with van der Waals surface area (Å²) in [5.74, 6) is -0.854. The molecule has 0 bridgehead atoms. The minimum atomic E-state index is -1.17. The number of carboxylic acids is 1.